The predicted molar refractivity (Wildman–Crippen MR) is 122 cm³/mol. The first-order valence-electron chi connectivity index (χ1n) is 10.7. The Kier molecular flexibility index (Phi) is 7.09. The summed E-state index contributed by atoms with van der Waals surface area (Å²) < 4.78 is 67.7. The van der Waals surface area contributed by atoms with E-state index in [0.717, 1.165) is 24.3 Å². The van der Waals surface area contributed by atoms with E-state index in [9.17, 15) is 31.5 Å². The van der Waals surface area contributed by atoms with Gasteiger partial charge in [-0.05, 0) is 78.7 Å². The lowest BCUT2D eigenvalue weighted by molar-refractivity contribution is -0.274. The van der Waals surface area contributed by atoms with Crippen molar-refractivity contribution >= 4 is 23.4 Å². The predicted octanol–water partition coefficient (Wildman–Crippen LogP) is 5.51. The third-order valence-corrected chi connectivity index (χ3v) is 5.51. The number of rotatable bonds is 5. The number of benzene rings is 3. The lowest BCUT2D eigenvalue weighted by Crippen LogP contribution is -2.41. The smallest absolute Gasteiger partial charge is 0.406 e. The third kappa shape index (κ3) is 6.21. The number of nitrogens with one attached hydrogen (secondary N) is 1. The zero-order chi connectivity index (χ0) is 26.7. The van der Waals surface area contributed by atoms with Crippen LogP contribution in [-0.2, 0) is 11.3 Å². The summed E-state index contributed by atoms with van der Waals surface area (Å²) in [6, 6.07) is 12.5. The number of hydrogen-bond acceptors (Lipinski definition) is 5. The standard InChI is InChI=1S/C25H18F5N3O4/c1-33(23(34)14-2-4-16(26)5-3-14)21-13-15-12-17(27)6-11-20(15)22(21)32-37-24(35)31-18-7-9-19(10-8-18)36-25(28,29)30/h2-12,21H,13H2,1H3,(H,31,35)/b32-22+. The molecule has 0 saturated heterocycles. The van der Waals surface area contributed by atoms with E-state index in [4.69, 9.17) is 4.84 Å². The first-order chi connectivity index (χ1) is 17.5. The van der Waals surface area contributed by atoms with Crippen LogP contribution >= 0.6 is 0 Å². The Bertz CT molecular complexity index is 1340. The average molecular weight is 519 g/mol. The Morgan fingerprint density at radius 1 is 0.973 bits per heavy atom. The molecule has 0 spiro atoms. The summed E-state index contributed by atoms with van der Waals surface area (Å²) >= 11 is 0. The molecule has 4 rings (SSSR count). The summed E-state index contributed by atoms with van der Waals surface area (Å²) in [5, 5.41) is 6.21. The molecule has 0 saturated carbocycles. The van der Waals surface area contributed by atoms with Crippen molar-refractivity contribution in [2.75, 3.05) is 12.4 Å². The van der Waals surface area contributed by atoms with Gasteiger partial charge in [-0.3, -0.25) is 14.9 Å². The molecule has 1 aliphatic rings. The van der Waals surface area contributed by atoms with Crippen LogP contribution < -0.4 is 10.1 Å². The zero-order valence-electron chi connectivity index (χ0n) is 19.1. The molecular weight excluding hydrogens is 501 g/mol. The van der Waals surface area contributed by atoms with Gasteiger partial charge in [0.15, 0.2) is 0 Å². The fraction of sp³-hybridized carbons (Fsp3) is 0.160. The van der Waals surface area contributed by atoms with Crippen molar-refractivity contribution in [2.24, 2.45) is 5.16 Å². The minimum atomic E-state index is -4.85. The van der Waals surface area contributed by atoms with Gasteiger partial charge >= 0.3 is 12.5 Å². The number of halogens is 5. The van der Waals surface area contributed by atoms with Crippen molar-refractivity contribution in [3.63, 3.8) is 0 Å². The molecule has 0 aromatic heterocycles. The van der Waals surface area contributed by atoms with Crippen molar-refractivity contribution in [3.05, 3.63) is 95.1 Å². The summed E-state index contributed by atoms with van der Waals surface area (Å²) in [5.74, 6) is -1.94. The molecule has 1 N–H and O–H groups in total. The minimum absolute atomic E-state index is 0.105. The van der Waals surface area contributed by atoms with Crippen LogP contribution in [0.3, 0.4) is 0 Å². The summed E-state index contributed by atoms with van der Waals surface area (Å²) in [7, 11) is 1.48. The number of amides is 2. The highest BCUT2D eigenvalue weighted by Gasteiger charge is 2.35. The van der Waals surface area contributed by atoms with Gasteiger partial charge in [-0.2, -0.15) is 0 Å². The summed E-state index contributed by atoms with van der Waals surface area (Å²) in [6.45, 7) is 0. The van der Waals surface area contributed by atoms with E-state index < -0.39 is 41.8 Å². The molecule has 0 bridgehead atoms. The number of hydrogen-bond donors (Lipinski definition) is 1. The number of carbonyl (C=O) groups is 2. The second kappa shape index (κ2) is 10.2. The van der Waals surface area contributed by atoms with Crippen LogP contribution in [0.4, 0.5) is 32.4 Å². The molecule has 192 valence electrons. The summed E-state index contributed by atoms with van der Waals surface area (Å²) in [5.41, 5.74) is 1.49. The number of ether oxygens (including phenoxy) is 1. The quantitative estimate of drug-likeness (QED) is 0.274. The van der Waals surface area contributed by atoms with Gasteiger partial charge in [0.05, 0.1) is 6.04 Å². The highest BCUT2D eigenvalue weighted by Crippen LogP contribution is 2.28. The lowest BCUT2D eigenvalue weighted by atomic mass is 10.1. The van der Waals surface area contributed by atoms with E-state index in [1.54, 1.807) is 0 Å². The van der Waals surface area contributed by atoms with Crippen molar-refractivity contribution in [1.29, 1.82) is 0 Å². The number of likely N-dealkylation sites (N-methyl/N-ethyl adjacent to an activating group) is 1. The minimum Gasteiger partial charge on any atom is -0.406 e. The van der Waals surface area contributed by atoms with Gasteiger partial charge in [-0.25, -0.2) is 13.6 Å². The van der Waals surface area contributed by atoms with E-state index in [0.29, 0.717) is 11.1 Å². The maximum Gasteiger partial charge on any atom is 0.573 e. The molecule has 0 radical (unpaired) electrons. The highest BCUT2D eigenvalue weighted by atomic mass is 19.4. The normalized spacial score (nSPS) is 15.7. The molecule has 0 fully saturated rings. The Balaban J connectivity index is 1.51. The molecular formula is C25H18F5N3O4. The van der Waals surface area contributed by atoms with E-state index >= 15 is 0 Å². The zero-order valence-corrected chi connectivity index (χ0v) is 19.1. The Labute approximate surface area is 207 Å². The number of oxime groups is 1. The average Bonchev–Trinajstić information content (AvgIpc) is 3.20. The van der Waals surface area contributed by atoms with E-state index in [1.807, 2.05) is 0 Å². The van der Waals surface area contributed by atoms with E-state index in [1.165, 1.54) is 54.4 Å². The van der Waals surface area contributed by atoms with Crippen LogP contribution in [0.15, 0.2) is 71.9 Å². The maximum absolute atomic E-state index is 13.8. The molecule has 3 aromatic carbocycles. The monoisotopic (exact) mass is 519 g/mol. The van der Waals surface area contributed by atoms with Gasteiger partial charge in [0.1, 0.15) is 23.1 Å². The van der Waals surface area contributed by atoms with E-state index in [-0.39, 0.29) is 23.4 Å². The second-order valence-electron chi connectivity index (χ2n) is 8.00. The van der Waals surface area contributed by atoms with Gasteiger partial charge in [0.25, 0.3) is 5.91 Å². The van der Waals surface area contributed by atoms with Gasteiger partial charge in [-0.15, -0.1) is 13.2 Å². The summed E-state index contributed by atoms with van der Waals surface area (Å²) in [6.07, 6.45) is -5.73. The number of carbonyl (C=O) groups excluding carboxylic acids is 2. The number of fused-ring (bicyclic) bond motifs is 1. The van der Waals surface area contributed by atoms with E-state index in [2.05, 4.69) is 15.2 Å². The molecule has 2 amide bonds. The second-order valence-corrected chi connectivity index (χ2v) is 8.00. The van der Waals surface area contributed by atoms with Crippen molar-refractivity contribution in [2.45, 2.75) is 18.8 Å². The van der Waals surface area contributed by atoms with Crippen LogP contribution in [0.5, 0.6) is 5.75 Å². The number of nitrogens with zero attached hydrogens (tertiary/aromatic N) is 2. The molecule has 1 atom stereocenters. The Morgan fingerprint density at radius 2 is 1.62 bits per heavy atom. The first kappa shape index (κ1) is 25.6. The van der Waals surface area contributed by atoms with Crippen LogP contribution in [-0.4, -0.2) is 42.1 Å². The van der Waals surface area contributed by atoms with Crippen LogP contribution in [0.1, 0.15) is 21.5 Å². The van der Waals surface area contributed by atoms with Gasteiger partial charge in [0.2, 0.25) is 0 Å². The first-order valence-corrected chi connectivity index (χ1v) is 10.7. The number of alkyl halides is 3. The van der Waals surface area contributed by atoms with Gasteiger partial charge in [0, 0.05) is 23.9 Å². The molecule has 37 heavy (non-hydrogen) atoms. The SMILES string of the molecule is CN(C(=O)c1ccc(F)cc1)C1Cc2cc(F)ccc2/C1=N\OC(=O)Nc1ccc(OC(F)(F)F)cc1. The fourth-order valence-electron chi connectivity index (χ4n) is 3.80. The molecule has 1 unspecified atom stereocenters. The van der Waals surface area contributed by atoms with Crippen molar-refractivity contribution in [3.8, 4) is 5.75 Å². The molecule has 3 aromatic rings. The maximum atomic E-state index is 13.8. The topological polar surface area (TPSA) is 80.2 Å². The Morgan fingerprint density at radius 3 is 2.27 bits per heavy atom. The third-order valence-electron chi connectivity index (χ3n) is 5.51. The highest BCUT2D eigenvalue weighted by molar-refractivity contribution is 6.10. The number of anilines is 1. The molecule has 12 heteroatoms. The lowest BCUT2D eigenvalue weighted by Gasteiger charge is -2.25. The Hall–Kier alpha value is -4.48. The van der Waals surface area contributed by atoms with Crippen molar-refractivity contribution < 1.29 is 41.1 Å². The van der Waals surface area contributed by atoms with Crippen LogP contribution in [0.25, 0.3) is 0 Å². The largest absolute Gasteiger partial charge is 0.573 e. The van der Waals surface area contributed by atoms with Crippen LogP contribution in [0.2, 0.25) is 0 Å². The van der Waals surface area contributed by atoms with Crippen molar-refractivity contribution in [1.82, 2.24) is 4.90 Å². The molecule has 0 aliphatic heterocycles. The fourth-order valence-corrected chi connectivity index (χ4v) is 3.80. The molecule has 0 heterocycles. The van der Waals surface area contributed by atoms with Crippen LogP contribution in [0, 0.1) is 11.6 Å². The molecule has 1 aliphatic carbocycles. The van der Waals surface area contributed by atoms with Gasteiger partial charge in [-0.1, -0.05) is 5.16 Å². The summed E-state index contributed by atoms with van der Waals surface area (Å²) in [4.78, 5) is 31.5. The molecule has 7 nitrogen and oxygen atoms in total. The van der Waals surface area contributed by atoms with Gasteiger partial charge < -0.3 is 9.64 Å².